The van der Waals surface area contributed by atoms with Crippen LogP contribution in [0.1, 0.15) is 32.6 Å². The lowest BCUT2D eigenvalue weighted by molar-refractivity contribution is -0.0816. The van der Waals surface area contributed by atoms with Gasteiger partial charge in [-0.1, -0.05) is 6.07 Å². The number of hydrogen-bond acceptors (Lipinski definition) is 3. The molecule has 1 aromatic carbocycles. The van der Waals surface area contributed by atoms with Gasteiger partial charge in [-0.15, -0.1) is 0 Å². The van der Waals surface area contributed by atoms with Gasteiger partial charge in [0.25, 0.3) is 0 Å². The Labute approximate surface area is 108 Å². The normalized spacial score (nSPS) is 17.4. The predicted molar refractivity (Wildman–Crippen MR) is 72.0 cm³/mol. The highest BCUT2D eigenvalue weighted by atomic mass is 16.5. The van der Waals surface area contributed by atoms with Crippen LogP contribution in [0.5, 0.6) is 0 Å². The quantitative estimate of drug-likeness (QED) is 0.832. The van der Waals surface area contributed by atoms with Gasteiger partial charge in [0.1, 0.15) is 0 Å². The Morgan fingerprint density at radius 1 is 1.22 bits per heavy atom. The maximum atomic E-state index is 12.8. The molecule has 0 aromatic heterocycles. The average molecular weight is 247 g/mol. The van der Waals surface area contributed by atoms with Crippen LogP contribution in [0.2, 0.25) is 0 Å². The van der Waals surface area contributed by atoms with Crippen molar-refractivity contribution in [3.63, 3.8) is 0 Å². The summed E-state index contributed by atoms with van der Waals surface area (Å²) in [6.07, 6.45) is 0. The number of ketones is 1. The van der Waals surface area contributed by atoms with Crippen molar-refractivity contribution in [1.82, 2.24) is 0 Å². The molecule has 1 fully saturated rings. The van der Waals surface area contributed by atoms with Crippen molar-refractivity contribution in [2.45, 2.75) is 27.7 Å². The number of rotatable bonds is 3. The number of hydrogen-bond donors (Lipinski definition) is 1. The van der Waals surface area contributed by atoms with E-state index in [1.165, 1.54) is 0 Å². The van der Waals surface area contributed by atoms with Crippen LogP contribution < -0.4 is 5.73 Å². The van der Waals surface area contributed by atoms with Crippen molar-refractivity contribution < 1.29 is 9.53 Å². The zero-order chi connectivity index (χ0) is 13.5. The van der Waals surface area contributed by atoms with Crippen molar-refractivity contribution >= 4 is 5.78 Å². The molecule has 18 heavy (non-hydrogen) atoms. The molecule has 98 valence electrons. The van der Waals surface area contributed by atoms with Crippen LogP contribution in [-0.2, 0) is 4.74 Å². The first-order chi connectivity index (χ1) is 8.43. The Bertz CT molecular complexity index is 470. The second-order valence-corrected chi connectivity index (χ2v) is 5.44. The van der Waals surface area contributed by atoms with Crippen LogP contribution in [0.15, 0.2) is 6.07 Å². The van der Waals surface area contributed by atoms with Crippen LogP contribution in [-0.4, -0.2) is 25.5 Å². The lowest BCUT2D eigenvalue weighted by atomic mass is 9.75. The van der Waals surface area contributed by atoms with Crippen molar-refractivity contribution in [3.05, 3.63) is 33.9 Å². The standard InChI is InChI=1S/C15H21NO2/c1-9-5-10(2)12(4)13(11(9)3)14(17)15(6-16)7-18-8-15/h5H,6-8,16H2,1-4H3. The molecule has 0 saturated carbocycles. The predicted octanol–water partition coefficient (Wildman–Crippen LogP) is 2.08. The summed E-state index contributed by atoms with van der Waals surface area (Å²) < 4.78 is 5.21. The number of Topliss-reactive ketones (excluding diaryl/α,β-unsaturated/α-hetero) is 1. The maximum absolute atomic E-state index is 12.8. The SMILES string of the molecule is Cc1cc(C)c(C)c(C(=O)C2(CN)COC2)c1C. The number of carbonyl (C=O) groups is 1. The van der Waals surface area contributed by atoms with Crippen LogP contribution in [0.4, 0.5) is 0 Å². The highest BCUT2D eigenvalue weighted by Gasteiger charge is 2.45. The van der Waals surface area contributed by atoms with Gasteiger partial charge in [-0.3, -0.25) is 4.79 Å². The highest BCUT2D eigenvalue weighted by Crippen LogP contribution is 2.34. The Kier molecular flexibility index (Phi) is 3.30. The number of nitrogens with two attached hydrogens (primary N) is 1. The zero-order valence-corrected chi connectivity index (χ0v) is 11.6. The molecular weight excluding hydrogens is 226 g/mol. The van der Waals surface area contributed by atoms with Crippen LogP contribution in [0.3, 0.4) is 0 Å². The van der Waals surface area contributed by atoms with E-state index in [9.17, 15) is 4.79 Å². The van der Waals surface area contributed by atoms with E-state index in [-0.39, 0.29) is 5.78 Å². The Balaban J connectivity index is 2.54. The minimum Gasteiger partial charge on any atom is -0.379 e. The summed E-state index contributed by atoms with van der Waals surface area (Å²) in [6.45, 7) is 9.38. The molecule has 0 spiro atoms. The van der Waals surface area contributed by atoms with E-state index in [1.807, 2.05) is 27.7 Å². The van der Waals surface area contributed by atoms with Gasteiger partial charge in [0.05, 0.1) is 18.6 Å². The van der Waals surface area contributed by atoms with Gasteiger partial charge in [-0.2, -0.15) is 0 Å². The molecular formula is C15H21NO2. The van der Waals surface area contributed by atoms with E-state index < -0.39 is 5.41 Å². The van der Waals surface area contributed by atoms with E-state index in [1.54, 1.807) is 0 Å². The Morgan fingerprint density at radius 3 is 2.06 bits per heavy atom. The minimum absolute atomic E-state index is 0.151. The fraction of sp³-hybridized carbons (Fsp3) is 0.533. The van der Waals surface area contributed by atoms with Crippen molar-refractivity contribution in [1.29, 1.82) is 0 Å². The summed E-state index contributed by atoms with van der Waals surface area (Å²) in [7, 11) is 0. The summed E-state index contributed by atoms with van der Waals surface area (Å²) in [4.78, 5) is 12.8. The third-order valence-corrected chi connectivity index (χ3v) is 4.22. The van der Waals surface area contributed by atoms with Crippen LogP contribution >= 0.6 is 0 Å². The smallest absolute Gasteiger partial charge is 0.175 e. The third-order valence-electron chi connectivity index (χ3n) is 4.22. The molecule has 3 nitrogen and oxygen atoms in total. The second kappa shape index (κ2) is 4.48. The summed E-state index contributed by atoms with van der Waals surface area (Å²) in [6, 6.07) is 2.13. The summed E-state index contributed by atoms with van der Waals surface area (Å²) in [5.74, 6) is 0.151. The first-order valence-electron chi connectivity index (χ1n) is 6.33. The molecule has 2 rings (SSSR count). The molecule has 1 aliphatic heterocycles. The van der Waals surface area contributed by atoms with Crippen molar-refractivity contribution in [2.24, 2.45) is 11.1 Å². The fourth-order valence-corrected chi connectivity index (χ4v) is 2.51. The lowest BCUT2D eigenvalue weighted by Crippen LogP contribution is -2.54. The minimum atomic E-state index is -0.490. The molecule has 2 N–H and O–H groups in total. The topological polar surface area (TPSA) is 52.3 Å². The van der Waals surface area contributed by atoms with E-state index in [4.69, 9.17) is 10.5 Å². The van der Waals surface area contributed by atoms with Gasteiger partial charge in [0.2, 0.25) is 0 Å². The highest BCUT2D eigenvalue weighted by molar-refractivity contribution is 6.04. The van der Waals surface area contributed by atoms with Crippen LogP contribution in [0.25, 0.3) is 0 Å². The maximum Gasteiger partial charge on any atom is 0.175 e. The molecule has 1 aliphatic rings. The Morgan fingerprint density at radius 2 is 1.72 bits per heavy atom. The van der Waals surface area contributed by atoms with Gasteiger partial charge in [0.15, 0.2) is 5.78 Å². The number of carbonyl (C=O) groups excluding carboxylic acids is 1. The molecule has 0 amide bonds. The molecule has 0 atom stereocenters. The number of aryl methyl sites for hydroxylation is 2. The van der Waals surface area contributed by atoms with Gasteiger partial charge in [-0.05, 0) is 49.9 Å². The molecule has 0 unspecified atom stereocenters. The molecule has 1 saturated heterocycles. The second-order valence-electron chi connectivity index (χ2n) is 5.44. The first kappa shape index (κ1) is 13.2. The van der Waals surface area contributed by atoms with E-state index in [2.05, 4.69) is 6.07 Å². The lowest BCUT2D eigenvalue weighted by Gasteiger charge is -2.39. The summed E-state index contributed by atoms with van der Waals surface area (Å²) in [5.41, 5.74) is 10.6. The summed E-state index contributed by atoms with van der Waals surface area (Å²) >= 11 is 0. The van der Waals surface area contributed by atoms with E-state index in [0.717, 1.165) is 27.8 Å². The Hall–Kier alpha value is -1.19. The summed E-state index contributed by atoms with van der Waals surface area (Å²) in [5, 5.41) is 0. The third kappa shape index (κ3) is 1.78. The van der Waals surface area contributed by atoms with Gasteiger partial charge < -0.3 is 10.5 Å². The van der Waals surface area contributed by atoms with Crippen molar-refractivity contribution in [2.75, 3.05) is 19.8 Å². The van der Waals surface area contributed by atoms with E-state index in [0.29, 0.717) is 19.8 Å². The molecule has 1 heterocycles. The molecule has 3 heteroatoms. The molecule has 0 radical (unpaired) electrons. The average Bonchev–Trinajstić information content (AvgIpc) is 2.26. The largest absolute Gasteiger partial charge is 0.379 e. The van der Waals surface area contributed by atoms with Gasteiger partial charge >= 0.3 is 0 Å². The molecule has 0 bridgehead atoms. The first-order valence-corrected chi connectivity index (χ1v) is 6.33. The van der Waals surface area contributed by atoms with E-state index >= 15 is 0 Å². The molecule has 1 aromatic rings. The number of benzene rings is 1. The zero-order valence-electron chi connectivity index (χ0n) is 11.6. The molecule has 0 aliphatic carbocycles. The van der Waals surface area contributed by atoms with Crippen LogP contribution in [0, 0.1) is 33.1 Å². The fourth-order valence-electron chi connectivity index (χ4n) is 2.51. The van der Waals surface area contributed by atoms with Gasteiger partial charge in [0, 0.05) is 12.1 Å². The van der Waals surface area contributed by atoms with Gasteiger partial charge in [-0.25, -0.2) is 0 Å². The monoisotopic (exact) mass is 247 g/mol. The van der Waals surface area contributed by atoms with Crippen molar-refractivity contribution in [3.8, 4) is 0 Å². The number of ether oxygens (including phenoxy) is 1.